The number of rotatable bonds is 5. The summed E-state index contributed by atoms with van der Waals surface area (Å²) in [6, 6.07) is 5.01. The van der Waals surface area contributed by atoms with Gasteiger partial charge in [0.25, 0.3) is 0 Å². The predicted octanol–water partition coefficient (Wildman–Crippen LogP) is 4.62. The molecular weight excluding hydrogens is 311 g/mol. The van der Waals surface area contributed by atoms with Crippen molar-refractivity contribution in [2.75, 3.05) is 13.7 Å². The largest absolute Gasteiger partial charge is 0.497 e. The van der Waals surface area contributed by atoms with E-state index in [9.17, 15) is 4.39 Å². The molecule has 0 N–H and O–H groups in total. The minimum Gasteiger partial charge on any atom is -0.497 e. The second kappa shape index (κ2) is 7.25. The van der Waals surface area contributed by atoms with Gasteiger partial charge in [-0.2, -0.15) is 0 Å². The summed E-state index contributed by atoms with van der Waals surface area (Å²) in [5.74, 6) is 0.336. The Labute approximate surface area is 122 Å². The minimum absolute atomic E-state index is 0.0314. The SMILES string of the molecule is COc1ccc(C(Br)CCC2CCCCO2)c(F)c1. The number of hydrogen-bond donors (Lipinski definition) is 0. The number of halogens is 2. The van der Waals surface area contributed by atoms with Gasteiger partial charge in [-0.3, -0.25) is 0 Å². The van der Waals surface area contributed by atoms with E-state index in [1.807, 2.05) is 0 Å². The molecule has 0 saturated carbocycles. The summed E-state index contributed by atoms with van der Waals surface area (Å²) in [4.78, 5) is 0.0314. The van der Waals surface area contributed by atoms with Crippen molar-refractivity contribution in [3.05, 3.63) is 29.6 Å². The van der Waals surface area contributed by atoms with Crippen molar-refractivity contribution >= 4 is 15.9 Å². The highest BCUT2D eigenvalue weighted by Crippen LogP contribution is 2.33. The van der Waals surface area contributed by atoms with Crippen LogP contribution < -0.4 is 4.74 Å². The normalized spacial score (nSPS) is 21.1. The molecule has 0 amide bonds. The van der Waals surface area contributed by atoms with Crippen molar-refractivity contribution in [1.82, 2.24) is 0 Å². The molecule has 1 aromatic rings. The molecule has 1 heterocycles. The summed E-state index contributed by atoms with van der Waals surface area (Å²) < 4.78 is 24.6. The number of benzene rings is 1. The molecule has 4 heteroatoms. The van der Waals surface area contributed by atoms with Crippen molar-refractivity contribution in [1.29, 1.82) is 0 Å². The molecule has 0 spiro atoms. The Bertz CT molecular complexity index is 405. The Kier molecular flexibility index (Phi) is 5.64. The third-order valence-electron chi connectivity index (χ3n) is 3.56. The monoisotopic (exact) mass is 330 g/mol. The Balaban J connectivity index is 1.89. The number of hydrogen-bond acceptors (Lipinski definition) is 2. The smallest absolute Gasteiger partial charge is 0.131 e. The summed E-state index contributed by atoms with van der Waals surface area (Å²) in [5, 5.41) is 0. The predicted molar refractivity (Wildman–Crippen MR) is 77.4 cm³/mol. The van der Waals surface area contributed by atoms with Crippen molar-refractivity contribution in [2.24, 2.45) is 0 Å². The van der Waals surface area contributed by atoms with Crippen LogP contribution in [-0.2, 0) is 4.74 Å². The lowest BCUT2D eigenvalue weighted by molar-refractivity contribution is 0.0101. The summed E-state index contributed by atoms with van der Waals surface area (Å²) in [6.07, 6.45) is 5.74. The van der Waals surface area contributed by atoms with E-state index >= 15 is 0 Å². The number of ether oxygens (including phenoxy) is 2. The third kappa shape index (κ3) is 4.18. The fourth-order valence-electron chi connectivity index (χ4n) is 2.41. The van der Waals surface area contributed by atoms with Crippen molar-refractivity contribution < 1.29 is 13.9 Å². The first-order valence-electron chi connectivity index (χ1n) is 6.80. The van der Waals surface area contributed by atoms with Gasteiger partial charge in [0.05, 0.1) is 13.2 Å². The Morgan fingerprint density at radius 3 is 2.95 bits per heavy atom. The van der Waals surface area contributed by atoms with Gasteiger partial charge in [0, 0.05) is 23.1 Å². The van der Waals surface area contributed by atoms with Crippen LogP contribution in [0.4, 0.5) is 4.39 Å². The molecule has 0 aromatic heterocycles. The van der Waals surface area contributed by atoms with Crippen LogP contribution in [0, 0.1) is 5.82 Å². The second-order valence-corrected chi connectivity index (χ2v) is 6.03. The summed E-state index contributed by atoms with van der Waals surface area (Å²) in [6.45, 7) is 0.870. The first-order chi connectivity index (χ1) is 9.20. The van der Waals surface area contributed by atoms with E-state index in [4.69, 9.17) is 9.47 Å². The molecule has 2 unspecified atom stereocenters. The standard InChI is InChI=1S/C15H20BrFO2/c1-18-12-5-7-13(15(17)10-12)14(16)8-6-11-4-2-3-9-19-11/h5,7,10-11,14H,2-4,6,8-9H2,1H3. The lowest BCUT2D eigenvalue weighted by Crippen LogP contribution is -2.19. The van der Waals surface area contributed by atoms with Crippen LogP contribution in [0.3, 0.4) is 0 Å². The molecule has 2 nitrogen and oxygen atoms in total. The van der Waals surface area contributed by atoms with Crippen LogP contribution in [0.2, 0.25) is 0 Å². The molecule has 2 atom stereocenters. The third-order valence-corrected chi connectivity index (χ3v) is 4.51. The van der Waals surface area contributed by atoms with E-state index in [1.54, 1.807) is 19.2 Å². The first kappa shape index (κ1) is 14.8. The van der Waals surface area contributed by atoms with Gasteiger partial charge < -0.3 is 9.47 Å². The fraction of sp³-hybridized carbons (Fsp3) is 0.600. The van der Waals surface area contributed by atoms with E-state index in [2.05, 4.69) is 15.9 Å². The van der Waals surface area contributed by atoms with E-state index in [0.717, 1.165) is 25.9 Å². The number of methoxy groups -OCH3 is 1. The molecule has 0 radical (unpaired) electrons. The van der Waals surface area contributed by atoms with Gasteiger partial charge in [-0.15, -0.1) is 0 Å². The number of alkyl halides is 1. The van der Waals surface area contributed by atoms with Gasteiger partial charge >= 0.3 is 0 Å². The van der Waals surface area contributed by atoms with Crippen molar-refractivity contribution in [2.45, 2.75) is 43.0 Å². The Morgan fingerprint density at radius 2 is 2.32 bits per heavy atom. The van der Waals surface area contributed by atoms with Crippen LogP contribution in [0.1, 0.15) is 42.5 Å². The van der Waals surface area contributed by atoms with E-state index in [0.29, 0.717) is 17.4 Å². The Hall–Kier alpha value is -0.610. The average Bonchev–Trinajstić information content (AvgIpc) is 2.45. The summed E-state index contributed by atoms with van der Waals surface area (Å²) in [7, 11) is 1.54. The molecule has 1 aliphatic rings. The van der Waals surface area contributed by atoms with Gasteiger partial charge in [0.15, 0.2) is 0 Å². The topological polar surface area (TPSA) is 18.5 Å². The molecule has 2 rings (SSSR count). The molecule has 19 heavy (non-hydrogen) atoms. The van der Waals surface area contributed by atoms with Gasteiger partial charge in [0.2, 0.25) is 0 Å². The average molecular weight is 331 g/mol. The van der Waals surface area contributed by atoms with Gasteiger partial charge in [0.1, 0.15) is 11.6 Å². The zero-order valence-electron chi connectivity index (χ0n) is 11.2. The zero-order valence-corrected chi connectivity index (χ0v) is 12.8. The van der Waals surface area contributed by atoms with Crippen LogP contribution in [0.25, 0.3) is 0 Å². The maximum atomic E-state index is 13.9. The van der Waals surface area contributed by atoms with Gasteiger partial charge in [-0.25, -0.2) is 4.39 Å². The highest BCUT2D eigenvalue weighted by atomic mass is 79.9. The van der Waals surface area contributed by atoms with E-state index < -0.39 is 0 Å². The van der Waals surface area contributed by atoms with Gasteiger partial charge in [-0.1, -0.05) is 22.0 Å². The van der Waals surface area contributed by atoms with Crippen molar-refractivity contribution in [3.8, 4) is 5.75 Å². The minimum atomic E-state index is -0.217. The van der Waals surface area contributed by atoms with E-state index in [-0.39, 0.29) is 10.6 Å². The van der Waals surface area contributed by atoms with Crippen LogP contribution in [0.15, 0.2) is 18.2 Å². The van der Waals surface area contributed by atoms with Gasteiger partial charge in [-0.05, 0) is 38.2 Å². The molecule has 106 valence electrons. The zero-order chi connectivity index (χ0) is 13.7. The van der Waals surface area contributed by atoms with Crippen molar-refractivity contribution in [3.63, 3.8) is 0 Å². The quantitative estimate of drug-likeness (QED) is 0.733. The molecule has 1 aromatic carbocycles. The first-order valence-corrected chi connectivity index (χ1v) is 7.71. The van der Waals surface area contributed by atoms with Crippen LogP contribution >= 0.6 is 15.9 Å². The summed E-state index contributed by atoms with van der Waals surface area (Å²) in [5.41, 5.74) is 0.691. The molecule has 0 bridgehead atoms. The molecule has 0 aliphatic carbocycles. The van der Waals surface area contributed by atoms with Crippen LogP contribution in [0.5, 0.6) is 5.75 Å². The molecule has 1 saturated heterocycles. The molecule has 1 aliphatic heterocycles. The molecular formula is C15H20BrFO2. The lowest BCUT2D eigenvalue weighted by atomic mass is 10.0. The van der Waals surface area contributed by atoms with E-state index in [1.165, 1.54) is 18.9 Å². The maximum absolute atomic E-state index is 13.9. The second-order valence-electron chi connectivity index (χ2n) is 4.92. The highest BCUT2D eigenvalue weighted by molar-refractivity contribution is 9.09. The maximum Gasteiger partial charge on any atom is 0.131 e. The highest BCUT2D eigenvalue weighted by Gasteiger charge is 2.18. The lowest BCUT2D eigenvalue weighted by Gasteiger charge is -2.23. The Morgan fingerprint density at radius 1 is 1.47 bits per heavy atom. The summed E-state index contributed by atoms with van der Waals surface area (Å²) >= 11 is 3.57. The van der Waals surface area contributed by atoms with Crippen LogP contribution in [-0.4, -0.2) is 19.8 Å². The molecule has 1 fully saturated rings. The fourth-order valence-corrected chi connectivity index (χ4v) is 3.05.